The van der Waals surface area contributed by atoms with Gasteiger partial charge in [-0.2, -0.15) is 13.2 Å². The number of carbonyl (C=O) groups excluding carboxylic acids is 3. The molecular weight excluding hydrogens is 509 g/mol. The molecule has 2 atom stereocenters. The van der Waals surface area contributed by atoms with E-state index in [2.05, 4.69) is 11.4 Å². The van der Waals surface area contributed by atoms with Gasteiger partial charge in [0.05, 0.1) is 12.7 Å². The van der Waals surface area contributed by atoms with E-state index in [1.54, 1.807) is 4.90 Å². The number of benzene rings is 1. The smallest absolute Gasteiger partial charge is 0.416 e. The maximum atomic E-state index is 13.8. The van der Waals surface area contributed by atoms with Gasteiger partial charge in [-0.05, 0) is 75.5 Å². The third-order valence-electron chi connectivity index (χ3n) is 8.18. The molecule has 1 aromatic carbocycles. The van der Waals surface area contributed by atoms with E-state index in [0.29, 0.717) is 24.2 Å². The number of allylic oxidation sites excluding steroid dienone is 2. The second kappa shape index (κ2) is 12.4. The Morgan fingerprint density at radius 2 is 1.90 bits per heavy atom. The molecule has 1 fully saturated rings. The summed E-state index contributed by atoms with van der Waals surface area (Å²) in [6.45, 7) is 0.354. The number of fused-ring (bicyclic) bond motifs is 1. The summed E-state index contributed by atoms with van der Waals surface area (Å²) < 4.78 is 44.4. The molecular formula is C30H37F3N2O4. The highest BCUT2D eigenvalue weighted by Crippen LogP contribution is 2.49. The van der Waals surface area contributed by atoms with Gasteiger partial charge in [-0.1, -0.05) is 36.3 Å². The van der Waals surface area contributed by atoms with Crippen molar-refractivity contribution in [1.29, 1.82) is 0 Å². The number of ether oxygens (including phenoxy) is 1. The molecule has 1 aromatic rings. The van der Waals surface area contributed by atoms with Gasteiger partial charge in [0.25, 0.3) is 0 Å². The number of hydrogen-bond acceptors (Lipinski definition) is 4. The Morgan fingerprint density at radius 3 is 2.62 bits per heavy atom. The summed E-state index contributed by atoms with van der Waals surface area (Å²) in [6, 6.07) is 4.79. The van der Waals surface area contributed by atoms with E-state index in [-0.39, 0.29) is 31.3 Å². The van der Waals surface area contributed by atoms with Crippen molar-refractivity contribution in [2.75, 3.05) is 13.7 Å². The summed E-state index contributed by atoms with van der Waals surface area (Å²) in [7, 11) is 1.35. The number of methoxy groups -OCH3 is 1. The Kier molecular flexibility index (Phi) is 9.18. The van der Waals surface area contributed by atoms with Crippen LogP contribution in [0.25, 0.3) is 0 Å². The van der Waals surface area contributed by atoms with Crippen LogP contribution in [0.5, 0.6) is 0 Å². The SMILES string of the molecule is COC(=O)[C@]12CCCCC=C1N(CCC1=CCCCC1)C(=O)[C@H](CC(=O)NCc1cccc(C(F)(F)F)c1)C2. The highest BCUT2D eigenvalue weighted by Gasteiger charge is 2.53. The number of halogens is 3. The Bertz CT molecular complexity index is 1140. The number of likely N-dealkylation sites (tertiary alicyclic amines) is 1. The first-order chi connectivity index (χ1) is 18.6. The maximum absolute atomic E-state index is 13.8. The topological polar surface area (TPSA) is 75.7 Å². The Balaban J connectivity index is 1.52. The van der Waals surface area contributed by atoms with E-state index < -0.39 is 29.0 Å². The number of piperidine rings is 1. The van der Waals surface area contributed by atoms with Gasteiger partial charge >= 0.3 is 12.1 Å². The molecule has 6 nitrogen and oxygen atoms in total. The van der Waals surface area contributed by atoms with Crippen LogP contribution in [-0.4, -0.2) is 36.3 Å². The molecule has 1 N–H and O–H groups in total. The molecule has 39 heavy (non-hydrogen) atoms. The van der Waals surface area contributed by atoms with E-state index in [1.165, 1.54) is 31.2 Å². The van der Waals surface area contributed by atoms with Gasteiger partial charge in [-0.15, -0.1) is 0 Å². The van der Waals surface area contributed by atoms with Gasteiger partial charge in [0.15, 0.2) is 0 Å². The summed E-state index contributed by atoms with van der Waals surface area (Å²) in [4.78, 5) is 41.7. The second-order valence-electron chi connectivity index (χ2n) is 10.8. The Morgan fingerprint density at radius 1 is 1.13 bits per heavy atom. The zero-order valence-corrected chi connectivity index (χ0v) is 22.4. The molecule has 3 aliphatic rings. The van der Waals surface area contributed by atoms with Crippen molar-refractivity contribution in [2.24, 2.45) is 11.3 Å². The van der Waals surface area contributed by atoms with Crippen LogP contribution in [0.4, 0.5) is 13.2 Å². The van der Waals surface area contributed by atoms with Crippen molar-refractivity contribution in [2.45, 2.75) is 83.4 Å². The Hall–Kier alpha value is -3.10. The molecule has 2 amide bonds. The lowest BCUT2D eigenvalue weighted by molar-refractivity contribution is -0.159. The lowest BCUT2D eigenvalue weighted by Crippen LogP contribution is -2.53. The van der Waals surface area contributed by atoms with Gasteiger partial charge < -0.3 is 15.0 Å². The van der Waals surface area contributed by atoms with Gasteiger partial charge in [0, 0.05) is 31.1 Å². The highest BCUT2D eigenvalue weighted by molar-refractivity contribution is 5.92. The van der Waals surface area contributed by atoms with Crippen LogP contribution in [-0.2, 0) is 31.8 Å². The number of esters is 1. The van der Waals surface area contributed by atoms with Crippen LogP contribution >= 0.6 is 0 Å². The second-order valence-corrected chi connectivity index (χ2v) is 10.8. The van der Waals surface area contributed by atoms with E-state index in [9.17, 15) is 27.6 Å². The molecule has 0 radical (unpaired) electrons. The molecule has 212 valence electrons. The first kappa shape index (κ1) is 28.9. The third-order valence-corrected chi connectivity index (χ3v) is 8.18. The predicted molar refractivity (Wildman–Crippen MR) is 140 cm³/mol. The number of nitrogens with zero attached hydrogens (tertiary/aromatic N) is 1. The lowest BCUT2D eigenvalue weighted by atomic mass is 9.69. The molecule has 1 saturated heterocycles. The molecule has 0 aromatic heterocycles. The molecule has 2 aliphatic carbocycles. The fourth-order valence-corrected chi connectivity index (χ4v) is 6.17. The van der Waals surface area contributed by atoms with Crippen LogP contribution in [0.2, 0.25) is 0 Å². The summed E-state index contributed by atoms with van der Waals surface area (Å²) in [6.07, 6.45) is 7.86. The first-order valence-corrected chi connectivity index (χ1v) is 13.9. The zero-order chi connectivity index (χ0) is 28.0. The highest BCUT2D eigenvalue weighted by atomic mass is 19.4. The zero-order valence-electron chi connectivity index (χ0n) is 22.4. The van der Waals surface area contributed by atoms with Crippen LogP contribution in [0.1, 0.15) is 81.8 Å². The van der Waals surface area contributed by atoms with Crippen molar-refractivity contribution < 1.29 is 32.3 Å². The number of alkyl halides is 3. The molecule has 0 unspecified atom stereocenters. The van der Waals surface area contributed by atoms with Crippen molar-refractivity contribution in [1.82, 2.24) is 10.2 Å². The van der Waals surface area contributed by atoms with Crippen molar-refractivity contribution in [3.05, 3.63) is 58.8 Å². The summed E-state index contributed by atoms with van der Waals surface area (Å²) >= 11 is 0. The molecule has 0 saturated carbocycles. The predicted octanol–water partition coefficient (Wildman–Crippen LogP) is 6.07. The minimum atomic E-state index is -4.47. The van der Waals surface area contributed by atoms with Crippen molar-refractivity contribution >= 4 is 17.8 Å². The van der Waals surface area contributed by atoms with Crippen LogP contribution < -0.4 is 5.32 Å². The van der Waals surface area contributed by atoms with Gasteiger partial charge in [-0.3, -0.25) is 14.4 Å². The normalized spacial score (nSPS) is 23.7. The number of rotatable bonds is 8. The van der Waals surface area contributed by atoms with Crippen LogP contribution in [0.15, 0.2) is 47.7 Å². The number of hydrogen-bond donors (Lipinski definition) is 1. The van der Waals surface area contributed by atoms with E-state index in [1.807, 2.05) is 6.08 Å². The number of amides is 2. The lowest BCUT2D eigenvalue weighted by Gasteiger charge is -2.46. The van der Waals surface area contributed by atoms with Gasteiger partial charge in [-0.25, -0.2) is 0 Å². The fraction of sp³-hybridized carbons (Fsp3) is 0.567. The first-order valence-electron chi connectivity index (χ1n) is 13.9. The minimum Gasteiger partial charge on any atom is -0.468 e. The molecule has 0 bridgehead atoms. The summed E-state index contributed by atoms with van der Waals surface area (Å²) in [5, 5.41) is 2.67. The number of carbonyl (C=O) groups is 3. The largest absolute Gasteiger partial charge is 0.468 e. The average molecular weight is 547 g/mol. The summed E-state index contributed by atoms with van der Waals surface area (Å²) in [5.41, 5.74) is 0.553. The summed E-state index contributed by atoms with van der Waals surface area (Å²) in [5.74, 6) is -1.75. The molecule has 4 rings (SSSR count). The van der Waals surface area contributed by atoms with Crippen LogP contribution in [0.3, 0.4) is 0 Å². The standard InChI is InChI=1S/C30H37F3N2O4/c1-39-28(38)29-15-7-3-6-13-25(29)35(16-14-21-9-4-2-5-10-21)27(37)23(19-29)18-26(36)34-20-22-11-8-12-24(17-22)30(31,32)33/h8-9,11-13,17,23H,2-7,10,14-16,18-20H2,1H3,(H,34,36)/t23-,29+/m1/s1. The van der Waals surface area contributed by atoms with E-state index in [0.717, 1.165) is 57.1 Å². The van der Waals surface area contributed by atoms with Gasteiger partial charge in [0.2, 0.25) is 11.8 Å². The molecule has 0 spiro atoms. The quantitative estimate of drug-likeness (QED) is 0.317. The van der Waals surface area contributed by atoms with Crippen LogP contribution in [0, 0.1) is 11.3 Å². The minimum absolute atomic E-state index is 0.0885. The van der Waals surface area contributed by atoms with E-state index >= 15 is 0 Å². The van der Waals surface area contributed by atoms with E-state index in [4.69, 9.17) is 4.74 Å². The average Bonchev–Trinajstić information content (AvgIpc) is 3.15. The molecule has 1 heterocycles. The Labute approximate surface area is 227 Å². The third kappa shape index (κ3) is 6.73. The number of nitrogens with one attached hydrogen (secondary N) is 1. The molecule has 1 aliphatic heterocycles. The molecule has 9 heteroatoms. The van der Waals surface area contributed by atoms with Gasteiger partial charge in [0.1, 0.15) is 5.41 Å². The maximum Gasteiger partial charge on any atom is 0.416 e. The monoisotopic (exact) mass is 546 g/mol. The fourth-order valence-electron chi connectivity index (χ4n) is 6.17. The van der Waals surface area contributed by atoms with Crippen molar-refractivity contribution in [3.63, 3.8) is 0 Å². The van der Waals surface area contributed by atoms with Crippen molar-refractivity contribution in [3.8, 4) is 0 Å².